The average molecular weight is 232 g/mol. The number of aliphatic hydroxyl groups is 1. The molecule has 1 aromatic rings. The zero-order chi connectivity index (χ0) is 12.3. The van der Waals surface area contributed by atoms with E-state index in [-0.39, 0.29) is 18.4 Å². The van der Waals surface area contributed by atoms with Crippen molar-refractivity contribution in [2.24, 2.45) is 0 Å². The van der Waals surface area contributed by atoms with Crippen LogP contribution in [0.1, 0.15) is 20.7 Å². The first-order valence-electron chi connectivity index (χ1n) is 5.23. The van der Waals surface area contributed by atoms with Gasteiger partial charge in [0.05, 0.1) is 17.7 Å². The summed E-state index contributed by atoms with van der Waals surface area (Å²) in [5.74, 6) is -0.653. The Morgan fingerprint density at radius 3 is 2.29 bits per heavy atom. The Bertz CT molecular complexity index is 447. The van der Waals surface area contributed by atoms with Crippen LogP contribution in [0.5, 0.6) is 0 Å². The summed E-state index contributed by atoms with van der Waals surface area (Å²) in [7, 11) is 0. The van der Waals surface area contributed by atoms with Crippen LogP contribution in [0.3, 0.4) is 0 Å². The zero-order valence-electron chi connectivity index (χ0n) is 9.09. The lowest BCUT2D eigenvalue weighted by Crippen LogP contribution is -2.24. The number of fused-ring (bicyclic) bond motifs is 1. The van der Waals surface area contributed by atoms with Crippen molar-refractivity contribution in [2.75, 3.05) is 13.2 Å². The maximum Gasteiger partial charge on any atom is 0.265 e. The number of carbonyl (C=O) groups is 2. The highest BCUT2D eigenvalue weighted by Gasteiger charge is 2.33. The van der Waals surface area contributed by atoms with Gasteiger partial charge in [-0.3, -0.25) is 9.59 Å². The molecular formula is C12H12N2O3. The van der Waals surface area contributed by atoms with Gasteiger partial charge in [0.15, 0.2) is 0 Å². The monoisotopic (exact) mass is 232 g/mol. The van der Waals surface area contributed by atoms with Crippen molar-refractivity contribution in [2.45, 2.75) is 0 Å². The summed E-state index contributed by atoms with van der Waals surface area (Å²) < 4.78 is 0. The second-order valence-corrected chi connectivity index (χ2v) is 3.52. The molecule has 5 heteroatoms. The van der Waals surface area contributed by atoms with Gasteiger partial charge in [0.25, 0.3) is 11.8 Å². The molecule has 2 N–H and O–H groups in total. The van der Waals surface area contributed by atoms with E-state index in [1.807, 2.05) is 0 Å². The summed E-state index contributed by atoms with van der Waals surface area (Å²) >= 11 is 0. The quantitative estimate of drug-likeness (QED) is 0.580. The molecule has 1 heterocycles. The number of nitrogens with one attached hydrogen (secondary N) is 1. The van der Waals surface area contributed by atoms with E-state index in [0.29, 0.717) is 17.7 Å². The number of aliphatic hydroxyl groups excluding tert-OH is 1. The summed E-state index contributed by atoms with van der Waals surface area (Å²) in [6, 6.07) is 6.71. The number of hydrogen-bond acceptors (Lipinski definition) is 4. The lowest BCUT2D eigenvalue weighted by Gasteiger charge is -2.06. The number of amides is 2. The number of imide groups is 1. The van der Waals surface area contributed by atoms with Gasteiger partial charge in [-0.25, -0.2) is 4.90 Å². The van der Waals surface area contributed by atoms with Crippen LogP contribution >= 0.6 is 0 Å². The summed E-state index contributed by atoms with van der Waals surface area (Å²) in [6.07, 6.45) is 2.85. The van der Waals surface area contributed by atoms with Crippen LogP contribution in [-0.4, -0.2) is 35.0 Å². The van der Waals surface area contributed by atoms with E-state index in [1.165, 1.54) is 12.4 Å². The van der Waals surface area contributed by atoms with Gasteiger partial charge in [0.1, 0.15) is 0 Å². The first kappa shape index (κ1) is 11.3. The van der Waals surface area contributed by atoms with Gasteiger partial charge in [0.2, 0.25) is 0 Å². The lowest BCUT2D eigenvalue weighted by atomic mass is 10.1. The van der Waals surface area contributed by atoms with Crippen molar-refractivity contribution in [3.8, 4) is 0 Å². The molecule has 1 aliphatic heterocycles. The Balaban J connectivity index is 2.16. The first-order chi connectivity index (χ1) is 8.25. The second-order valence-electron chi connectivity index (χ2n) is 3.52. The van der Waals surface area contributed by atoms with Gasteiger partial charge in [-0.05, 0) is 12.1 Å². The Hall–Kier alpha value is -2.14. The standard InChI is InChI=1S/C12H12N2O3/c15-8-6-13-5-7-14-11(16)9-3-1-2-4-10(9)12(14)17/h1-5,7,13,15H,6,8H2. The van der Waals surface area contributed by atoms with Crippen LogP contribution in [0.2, 0.25) is 0 Å². The van der Waals surface area contributed by atoms with Crippen LogP contribution in [0.4, 0.5) is 0 Å². The van der Waals surface area contributed by atoms with Gasteiger partial charge in [-0.15, -0.1) is 0 Å². The third kappa shape index (κ3) is 2.05. The number of hydrogen-bond donors (Lipinski definition) is 2. The van der Waals surface area contributed by atoms with Crippen molar-refractivity contribution >= 4 is 11.8 Å². The highest BCUT2D eigenvalue weighted by atomic mass is 16.3. The van der Waals surface area contributed by atoms with Gasteiger partial charge in [-0.2, -0.15) is 0 Å². The number of rotatable bonds is 4. The van der Waals surface area contributed by atoms with Crippen LogP contribution in [0.15, 0.2) is 36.7 Å². The molecular weight excluding hydrogens is 220 g/mol. The van der Waals surface area contributed by atoms with Crippen molar-refractivity contribution in [3.63, 3.8) is 0 Å². The van der Waals surface area contributed by atoms with Crippen molar-refractivity contribution < 1.29 is 14.7 Å². The van der Waals surface area contributed by atoms with E-state index < -0.39 is 0 Å². The molecule has 0 atom stereocenters. The van der Waals surface area contributed by atoms with Gasteiger partial charge in [-0.1, -0.05) is 12.1 Å². The number of carbonyl (C=O) groups excluding carboxylic acids is 2. The third-order valence-corrected chi connectivity index (χ3v) is 2.42. The summed E-state index contributed by atoms with van der Waals surface area (Å²) in [5, 5.41) is 11.3. The maximum absolute atomic E-state index is 11.8. The minimum absolute atomic E-state index is 0.00748. The van der Waals surface area contributed by atoms with Crippen molar-refractivity contribution in [1.29, 1.82) is 0 Å². The molecule has 88 valence electrons. The normalized spacial score (nSPS) is 14.5. The molecule has 1 aromatic carbocycles. The molecule has 1 aliphatic rings. The van der Waals surface area contributed by atoms with Crippen molar-refractivity contribution in [1.82, 2.24) is 10.2 Å². The minimum atomic E-state index is -0.326. The molecule has 0 bridgehead atoms. The van der Waals surface area contributed by atoms with E-state index in [9.17, 15) is 9.59 Å². The first-order valence-corrected chi connectivity index (χ1v) is 5.23. The summed E-state index contributed by atoms with van der Waals surface area (Å²) in [5.41, 5.74) is 0.841. The molecule has 0 radical (unpaired) electrons. The fourth-order valence-electron chi connectivity index (χ4n) is 1.62. The smallest absolute Gasteiger partial charge is 0.265 e. The molecule has 0 fully saturated rings. The Morgan fingerprint density at radius 1 is 1.18 bits per heavy atom. The lowest BCUT2D eigenvalue weighted by molar-refractivity contribution is 0.0721. The molecule has 0 saturated heterocycles. The maximum atomic E-state index is 11.8. The fraction of sp³-hybridized carbons (Fsp3) is 0.167. The molecule has 0 unspecified atom stereocenters. The third-order valence-electron chi connectivity index (χ3n) is 2.42. The van der Waals surface area contributed by atoms with E-state index in [4.69, 9.17) is 5.11 Å². The number of nitrogens with zero attached hydrogens (tertiary/aromatic N) is 1. The average Bonchev–Trinajstić information content (AvgIpc) is 2.60. The van der Waals surface area contributed by atoms with Gasteiger partial charge < -0.3 is 10.4 Å². The highest BCUT2D eigenvalue weighted by Crippen LogP contribution is 2.22. The topological polar surface area (TPSA) is 69.6 Å². The minimum Gasteiger partial charge on any atom is -0.395 e. The van der Waals surface area contributed by atoms with E-state index in [1.54, 1.807) is 24.3 Å². The Morgan fingerprint density at radius 2 is 1.76 bits per heavy atom. The highest BCUT2D eigenvalue weighted by molar-refractivity contribution is 6.21. The van der Waals surface area contributed by atoms with E-state index in [0.717, 1.165) is 4.90 Å². The Labute approximate surface area is 98.4 Å². The fourth-order valence-corrected chi connectivity index (χ4v) is 1.62. The molecule has 5 nitrogen and oxygen atoms in total. The molecule has 2 rings (SSSR count). The van der Waals surface area contributed by atoms with Gasteiger partial charge >= 0.3 is 0 Å². The zero-order valence-corrected chi connectivity index (χ0v) is 9.09. The molecule has 0 aromatic heterocycles. The SMILES string of the molecule is O=C1c2ccccc2C(=O)N1C=CNCCO. The number of benzene rings is 1. The van der Waals surface area contributed by atoms with E-state index in [2.05, 4.69) is 5.32 Å². The summed E-state index contributed by atoms with van der Waals surface area (Å²) in [4.78, 5) is 24.7. The molecule has 0 saturated carbocycles. The van der Waals surface area contributed by atoms with Crippen LogP contribution in [0.25, 0.3) is 0 Å². The Kier molecular flexibility index (Phi) is 3.20. The molecule has 0 spiro atoms. The largest absolute Gasteiger partial charge is 0.395 e. The van der Waals surface area contributed by atoms with E-state index >= 15 is 0 Å². The van der Waals surface area contributed by atoms with Crippen LogP contribution in [0, 0.1) is 0 Å². The predicted molar refractivity (Wildman–Crippen MR) is 61.2 cm³/mol. The second kappa shape index (κ2) is 4.80. The predicted octanol–water partition coefficient (Wildman–Crippen LogP) is 0.336. The van der Waals surface area contributed by atoms with Crippen molar-refractivity contribution in [3.05, 3.63) is 47.8 Å². The molecule has 0 aliphatic carbocycles. The van der Waals surface area contributed by atoms with Crippen LogP contribution in [-0.2, 0) is 0 Å². The van der Waals surface area contributed by atoms with Crippen LogP contribution < -0.4 is 5.32 Å². The summed E-state index contributed by atoms with van der Waals surface area (Å²) in [6.45, 7) is 0.367. The van der Waals surface area contributed by atoms with Gasteiger partial charge in [0, 0.05) is 18.9 Å². The molecule has 2 amide bonds. The molecule has 17 heavy (non-hydrogen) atoms.